The molecular weight excluding hydrogens is 458 g/mol. The number of methoxy groups -OCH3 is 1. The first-order chi connectivity index (χ1) is 15.1. The summed E-state index contributed by atoms with van der Waals surface area (Å²) in [6.07, 6.45) is 0. The van der Waals surface area contributed by atoms with E-state index in [-0.39, 0.29) is 39.2 Å². The van der Waals surface area contributed by atoms with Gasteiger partial charge in [0.1, 0.15) is 11.4 Å². The van der Waals surface area contributed by atoms with Gasteiger partial charge in [0.05, 0.1) is 23.5 Å². The van der Waals surface area contributed by atoms with Gasteiger partial charge in [0, 0.05) is 29.9 Å². The topological polar surface area (TPSA) is 117 Å². The van der Waals surface area contributed by atoms with Gasteiger partial charge in [0.25, 0.3) is 5.91 Å². The van der Waals surface area contributed by atoms with Gasteiger partial charge in [-0.15, -0.1) is 0 Å². The van der Waals surface area contributed by atoms with Crippen molar-refractivity contribution >= 4 is 39.0 Å². The van der Waals surface area contributed by atoms with Crippen LogP contribution in [0.2, 0.25) is 5.02 Å². The molecule has 0 aliphatic carbocycles. The summed E-state index contributed by atoms with van der Waals surface area (Å²) in [7, 11) is -1.02. The van der Waals surface area contributed by atoms with Gasteiger partial charge >= 0.3 is 5.97 Å². The number of amides is 1. The quantitative estimate of drug-likeness (QED) is 0.518. The highest BCUT2D eigenvalue weighted by Crippen LogP contribution is 2.29. The standard InChI is InChI=1S/C21H20ClN3O6S/c1-4-31-21(27)19-12-18(24-25(19)2)20(26)23-14-9-15(30-3)11-17(10-14)32(28,29)16-7-5-13(22)6-8-16/h5-12H,4H2,1-3H3,(H,23,26). The first-order valence-electron chi connectivity index (χ1n) is 9.38. The van der Waals surface area contributed by atoms with E-state index in [2.05, 4.69) is 10.4 Å². The van der Waals surface area contributed by atoms with E-state index in [1.807, 2.05) is 0 Å². The summed E-state index contributed by atoms with van der Waals surface area (Å²) in [5.41, 5.74) is 0.236. The van der Waals surface area contributed by atoms with E-state index < -0.39 is 21.7 Å². The minimum Gasteiger partial charge on any atom is -0.497 e. The third-order valence-corrected chi connectivity index (χ3v) is 6.41. The number of halogens is 1. The van der Waals surface area contributed by atoms with E-state index in [4.69, 9.17) is 21.1 Å². The van der Waals surface area contributed by atoms with Crippen LogP contribution in [0.5, 0.6) is 5.75 Å². The molecule has 0 aliphatic rings. The monoisotopic (exact) mass is 477 g/mol. The molecular formula is C21H20ClN3O6S. The number of carbonyl (C=O) groups is 2. The molecule has 11 heteroatoms. The minimum atomic E-state index is -3.90. The summed E-state index contributed by atoms with van der Waals surface area (Å²) >= 11 is 5.85. The molecule has 0 spiro atoms. The van der Waals surface area contributed by atoms with Gasteiger partial charge in [-0.05, 0) is 43.3 Å². The molecule has 0 fully saturated rings. The number of anilines is 1. The maximum atomic E-state index is 13.0. The van der Waals surface area contributed by atoms with E-state index in [1.165, 1.54) is 67.4 Å². The summed E-state index contributed by atoms with van der Waals surface area (Å²) in [4.78, 5) is 24.6. The largest absolute Gasteiger partial charge is 0.497 e. The zero-order valence-corrected chi connectivity index (χ0v) is 19.0. The van der Waals surface area contributed by atoms with E-state index >= 15 is 0 Å². The van der Waals surface area contributed by atoms with Gasteiger partial charge in [-0.3, -0.25) is 9.48 Å². The Bertz CT molecular complexity index is 1270. The van der Waals surface area contributed by atoms with Crippen LogP contribution in [0.1, 0.15) is 27.9 Å². The van der Waals surface area contributed by atoms with E-state index in [0.29, 0.717) is 5.02 Å². The van der Waals surface area contributed by atoms with Crippen molar-refractivity contribution in [3.05, 3.63) is 64.9 Å². The van der Waals surface area contributed by atoms with Gasteiger partial charge in [-0.1, -0.05) is 11.6 Å². The Balaban J connectivity index is 1.92. The Hall–Kier alpha value is -3.37. The number of hydrogen-bond acceptors (Lipinski definition) is 7. The number of rotatable bonds is 7. The van der Waals surface area contributed by atoms with Gasteiger partial charge in [-0.25, -0.2) is 13.2 Å². The van der Waals surface area contributed by atoms with Crippen molar-refractivity contribution in [2.24, 2.45) is 7.05 Å². The van der Waals surface area contributed by atoms with Gasteiger partial charge in [-0.2, -0.15) is 5.10 Å². The fraction of sp³-hybridized carbons (Fsp3) is 0.190. The number of sulfone groups is 1. The third-order valence-electron chi connectivity index (χ3n) is 4.40. The van der Waals surface area contributed by atoms with Crippen molar-refractivity contribution in [2.45, 2.75) is 16.7 Å². The molecule has 0 saturated carbocycles. The van der Waals surface area contributed by atoms with E-state index in [1.54, 1.807) is 6.92 Å². The average Bonchev–Trinajstić information content (AvgIpc) is 3.16. The predicted octanol–water partition coefficient (Wildman–Crippen LogP) is 3.34. The van der Waals surface area contributed by atoms with Crippen LogP contribution >= 0.6 is 11.6 Å². The van der Waals surface area contributed by atoms with Crippen molar-refractivity contribution < 1.29 is 27.5 Å². The molecule has 0 unspecified atom stereocenters. The number of nitrogens with one attached hydrogen (secondary N) is 1. The number of esters is 1. The van der Waals surface area contributed by atoms with Crippen LogP contribution in [-0.4, -0.2) is 43.8 Å². The number of benzene rings is 2. The maximum absolute atomic E-state index is 13.0. The van der Waals surface area contributed by atoms with Crippen LogP contribution < -0.4 is 10.1 Å². The molecule has 1 N–H and O–H groups in total. The van der Waals surface area contributed by atoms with Crippen LogP contribution in [0.3, 0.4) is 0 Å². The molecule has 0 aliphatic heterocycles. The Labute approximate surface area is 189 Å². The first kappa shape index (κ1) is 23.3. The molecule has 0 saturated heterocycles. The number of carbonyl (C=O) groups excluding carboxylic acids is 2. The van der Waals surface area contributed by atoms with Gasteiger partial charge in [0.15, 0.2) is 5.69 Å². The van der Waals surface area contributed by atoms with E-state index in [0.717, 1.165) is 0 Å². The minimum absolute atomic E-state index is 0.0382. The predicted molar refractivity (Wildman–Crippen MR) is 117 cm³/mol. The molecule has 3 rings (SSSR count). The van der Waals surface area contributed by atoms with E-state index in [9.17, 15) is 18.0 Å². The van der Waals surface area contributed by atoms with Crippen LogP contribution in [0.4, 0.5) is 5.69 Å². The molecule has 1 aromatic heterocycles. The lowest BCUT2D eigenvalue weighted by atomic mass is 10.2. The molecule has 3 aromatic rings. The zero-order chi connectivity index (χ0) is 23.5. The molecule has 168 valence electrons. The number of aryl methyl sites for hydroxylation is 1. The van der Waals surface area contributed by atoms with Gasteiger partial charge in [0.2, 0.25) is 9.84 Å². The Kier molecular flexibility index (Phi) is 6.85. The summed E-state index contributed by atoms with van der Waals surface area (Å²) in [6, 6.07) is 11.1. The summed E-state index contributed by atoms with van der Waals surface area (Å²) < 4.78 is 37.4. The second kappa shape index (κ2) is 9.41. The first-order valence-corrected chi connectivity index (χ1v) is 11.2. The molecule has 1 heterocycles. The zero-order valence-electron chi connectivity index (χ0n) is 17.5. The van der Waals surface area contributed by atoms with Crippen molar-refractivity contribution in [1.82, 2.24) is 9.78 Å². The van der Waals surface area contributed by atoms with Crippen LogP contribution in [0, 0.1) is 0 Å². The lowest BCUT2D eigenvalue weighted by molar-refractivity contribution is 0.0513. The lowest BCUT2D eigenvalue weighted by Crippen LogP contribution is -2.14. The molecule has 2 aromatic carbocycles. The Morgan fingerprint density at radius 1 is 1.09 bits per heavy atom. The molecule has 0 bridgehead atoms. The molecule has 0 atom stereocenters. The Morgan fingerprint density at radius 2 is 1.78 bits per heavy atom. The van der Waals surface area contributed by atoms with Crippen molar-refractivity contribution in [2.75, 3.05) is 19.0 Å². The van der Waals surface area contributed by atoms with Crippen LogP contribution in [-0.2, 0) is 21.6 Å². The summed E-state index contributed by atoms with van der Waals surface area (Å²) in [5.74, 6) is -1.03. The molecule has 9 nitrogen and oxygen atoms in total. The summed E-state index contributed by atoms with van der Waals surface area (Å²) in [6.45, 7) is 1.85. The number of nitrogens with zero attached hydrogens (tertiary/aromatic N) is 2. The lowest BCUT2D eigenvalue weighted by Gasteiger charge is -2.11. The molecule has 0 radical (unpaired) electrons. The van der Waals surface area contributed by atoms with Crippen LogP contribution in [0.25, 0.3) is 0 Å². The number of hydrogen-bond donors (Lipinski definition) is 1. The second-order valence-electron chi connectivity index (χ2n) is 6.57. The highest BCUT2D eigenvalue weighted by atomic mass is 35.5. The molecule has 1 amide bonds. The smallest absolute Gasteiger partial charge is 0.356 e. The highest BCUT2D eigenvalue weighted by Gasteiger charge is 2.22. The highest BCUT2D eigenvalue weighted by molar-refractivity contribution is 7.91. The van der Waals surface area contributed by atoms with Crippen molar-refractivity contribution in [3.8, 4) is 5.75 Å². The Morgan fingerprint density at radius 3 is 2.41 bits per heavy atom. The number of aromatic nitrogens is 2. The molecule has 32 heavy (non-hydrogen) atoms. The maximum Gasteiger partial charge on any atom is 0.356 e. The van der Waals surface area contributed by atoms with Gasteiger partial charge < -0.3 is 14.8 Å². The second-order valence-corrected chi connectivity index (χ2v) is 8.95. The normalized spacial score (nSPS) is 11.1. The number of ether oxygens (including phenoxy) is 2. The SMILES string of the molecule is CCOC(=O)c1cc(C(=O)Nc2cc(OC)cc(S(=O)(=O)c3ccc(Cl)cc3)c2)nn1C. The average molecular weight is 478 g/mol. The van der Waals surface area contributed by atoms with Crippen molar-refractivity contribution in [3.63, 3.8) is 0 Å². The fourth-order valence-electron chi connectivity index (χ4n) is 2.84. The van der Waals surface area contributed by atoms with Crippen molar-refractivity contribution in [1.29, 1.82) is 0 Å². The summed E-state index contributed by atoms with van der Waals surface area (Å²) in [5, 5.41) is 7.01. The van der Waals surface area contributed by atoms with Crippen LogP contribution in [0.15, 0.2) is 58.3 Å². The third kappa shape index (κ3) is 4.92. The fourth-order valence-corrected chi connectivity index (χ4v) is 4.28.